The molecule has 0 radical (unpaired) electrons. The van der Waals surface area contributed by atoms with Crippen LogP contribution in [0.5, 0.6) is 0 Å². The van der Waals surface area contributed by atoms with Gasteiger partial charge in [0.25, 0.3) is 6.01 Å². The van der Waals surface area contributed by atoms with E-state index in [1.807, 2.05) is 25.1 Å². The summed E-state index contributed by atoms with van der Waals surface area (Å²) < 4.78 is 5.64. The van der Waals surface area contributed by atoms with Crippen molar-refractivity contribution in [3.63, 3.8) is 0 Å². The van der Waals surface area contributed by atoms with Gasteiger partial charge in [-0.15, -0.1) is 0 Å². The first kappa shape index (κ1) is 11.1. The molecule has 94 valence electrons. The first-order valence-electron chi connectivity index (χ1n) is 6.02. The summed E-state index contributed by atoms with van der Waals surface area (Å²) in [7, 11) is 0. The lowest BCUT2D eigenvalue weighted by molar-refractivity contribution is -0.138. The fourth-order valence-electron chi connectivity index (χ4n) is 2.40. The minimum atomic E-state index is -0.814. The molecule has 1 aliphatic rings. The molecule has 0 saturated carbocycles. The molecular formula is C13H14N2O3. The van der Waals surface area contributed by atoms with Crippen molar-refractivity contribution in [2.45, 2.75) is 25.8 Å². The van der Waals surface area contributed by atoms with Gasteiger partial charge in [0.1, 0.15) is 11.6 Å². The van der Waals surface area contributed by atoms with Crippen LogP contribution < -0.4 is 4.90 Å². The predicted octanol–water partition coefficient (Wildman–Crippen LogP) is 2.19. The summed E-state index contributed by atoms with van der Waals surface area (Å²) in [5, 5.41) is 9.15. The van der Waals surface area contributed by atoms with Gasteiger partial charge in [-0.05, 0) is 37.5 Å². The number of aryl methyl sites for hydroxylation is 1. The van der Waals surface area contributed by atoms with Gasteiger partial charge in [0.05, 0.1) is 0 Å². The Balaban J connectivity index is 2.01. The molecule has 1 aromatic heterocycles. The highest BCUT2D eigenvalue weighted by Crippen LogP contribution is 2.28. The van der Waals surface area contributed by atoms with Crippen molar-refractivity contribution in [1.29, 1.82) is 0 Å². The van der Waals surface area contributed by atoms with Gasteiger partial charge in [-0.25, -0.2) is 4.79 Å². The number of rotatable bonds is 2. The molecule has 1 saturated heterocycles. The number of anilines is 1. The molecule has 0 amide bonds. The van der Waals surface area contributed by atoms with E-state index in [9.17, 15) is 4.79 Å². The van der Waals surface area contributed by atoms with Gasteiger partial charge in [0.15, 0.2) is 5.58 Å². The van der Waals surface area contributed by atoms with Gasteiger partial charge >= 0.3 is 5.97 Å². The zero-order chi connectivity index (χ0) is 12.7. The Morgan fingerprint density at radius 2 is 2.39 bits per heavy atom. The first-order chi connectivity index (χ1) is 8.65. The Hall–Kier alpha value is -2.04. The minimum absolute atomic E-state index is 0.417. The van der Waals surface area contributed by atoms with Gasteiger partial charge in [-0.2, -0.15) is 4.98 Å². The monoisotopic (exact) mass is 246 g/mol. The Morgan fingerprint density at radius 3 is 3.17 bits per heavy atom. The molecule has 1 atom stereocenters. The molecule has 5 heteroatoms. The number of carboxylic acids is 1. The molecular weight excluding hydrogens is 232 g/mol. The SMILES string of the molecule is Cc1ccc2oc(N3CCC[C@@H]3C(=O)O)nc2c1. The smallest absolute Gasteiger partial charge is 0.326 e. The topological polar surface area (TPSA) is 66.6 Å². The molecule has 0 bridgehead atoms. The molecule has 5 nitrogen and oxygen atoms in total. The van der Waals surface area contributed by atoms with Crippen molar-refractivity contribution in [3.05, 3.63) is 23.8 Å². The van der Waals surface area contributed by atoms with E-state index in [4.69, 9.17) is 9.52 Å². The van der Waals surface area contributed by atoms with Gasteiger partial charge in [0.2, 0.25) is 0 Å². The second kappa shape index (κ2) is 4.01. The molecule has 1 fully saturated rings. The minimum Gasteiger partial charge on any atom is -0.480 e. The highest BCUT2D eigenvalue weighted by Gasteiger charge is 2.33. The van der Waals surface area contributed by atoms with E-state index in [0.29, 0.717) is 24.6 Å². The van der Waals surface area contributed by atoms with Gasteiger partial charge in [-0.3, -0.25) is 0 Å². The normalized spacial score (nSPS) is 19.6. The maximum atomic E-state index is 11.1. The van der Waals surface area contributed by atoms with E-state index < -0.39 is 12.0 Å². The Bertz CT molecular complexity index is 605. The number of benzene rings is 1. The lowest BCUT2D eigenvalue weighted by Gasteiger charge is -2.18. The van der Waals surface area contributed by atoms with Crippen LogP contribution in [0.4, 0.5) is 6.01 Å². The third kappa shape index (κ3) is 1.72. The third-order valence-electron chi connectivity index (χ3n) is 3.32. The molecule has 2 heterocycles. The summed E-state index contributed by atoms with van der Waals surface area (Å²) in [6, 6.07) is 5.66. The van der Waals surface area contributed by atoms with E-state index in [2.05, 4.69) is 4.98 Å². The molecule has 1 N–H and O–H groups in total. The van der Waals surface area contributed by atoms with Crippen LogP contribution in [-0.2, 0) is 4.79 Å². The summed E-state index contributed by atoms with van der Waals surface area (Å²) in [5.74, 6) is -0.814. The molecule has 3 rings (SSSR count). The van der Waals surface area contributed by atoms with Crippen LogP contribution in [0.2, 0.25) is 0 Å². The fourth-order valence-corrected chi connectivity index (χ4v) is 2.40. The molecule has 18 heavy (non-hydrogen) atoms. The highest BCUT2D eigenvalue weighted by atomic mass is 16.4. The van der Waals surface area contributed by atoms with Crippen LogP contribution in [0.1, 0.15) is 18.4 Å². The summed E-state index contributed by atoms with van der Waals surface area (Å²) in [6.07, 6.45) is 1.50. The summed E-state index contributed by atoms with van der Waals surface area (Å²) in [5.41, 5.74) is 2.59. The summed E-state index contributed by atoms with van der Waals surface area (Å²) in [4.78, 5) is 17.3. The van der Waals surface area contributed by atoms with Crippen LogP contribution in [0.15, 0.2) is 22.6 Å². The number of hydrogen-bond acceptors (Lipinski definition) is 4. The average Bonchev–Trinajstić information content (AvgIpc) is 2.93. The number of carbonyl (C=O) groups is 1. The second-order valence-corrected chi connectivity index (χ2v) is 4.66. The predicted molar refractivity (Wildman–Crippen MR) is 66.7 cm³/mol. The van der Waals surface area contributed by atoms with Crippen LogP contribution in [-0.4, -0.2) is 28.6 Å². The number of fused-ring (bicyclic) bond motifs is 1. The van der Waals surface area contributed by atoms with Crippen molar-refractivity contribution >= 4 is 23.1 Å². The van der Waals surface area contributed by atoms with E-state index in [1.54, 1.807) is 4.90 Å². The first-order valence-corrected chi connectivity index (χ1v) is 6.02. The zero-order valence-corrected chi connectivity index (χ0v) is 10.1. The number of carboxylic acid groups (broad SMARTS) is 1. The number of hydrogen-bond donors (Lipinski definition) is 1. The Labute approximate surface area is 104 Å². The number of aliphatic carboxylic acids is 1. The lowest BCUT2D eigenvalue weighted by Crippen LogP contribution is -2.36. The van der Waals surface area contributed by atoms with Crippen molar-refractivity contribution < 1.29 is 14.3 Å². The third-order valence-corrected chi connectivity index (χ3v) is 3.32. The molecule has 1 aromatic carbocycles. The zero-order valence-electron chi connectivity index (χ0n) is 10.1. The summed E-state index contributed by atoms with van der Waals surface area (Å²) in [6.45, 7) is 2.67. The van der Waals surface area contributed by atoms with Crippen molar-refractivity contribution in [2.24, 2.45) is 0 Å². The second-order valence-electron chi connectivity index (χ2n) is 4.66. The van der Waals surface area contributed by atoms with Crippen molar-refractivity contribution in [2.75, 3.05) is 11.4 Å². The highest BCUT2D eigenvalue weighted by molar-refractivity contribution is 5.80. The number of aromatic nitrogens is 1. The van der Waals surface area contributed by atoms with Crippen LogP contribution in [0.3, 0.4) is 0 Å². The van der Waals surface area contributed by atoms with Gasteiger partial charge < -0.3 is 14.4 Å². The largest absolute Gasteiger partial charge is 0.480 e. The van der Waals surface area contributed by atoms with E-state index >= 15 is 0 Å². The molecule has 0 aliphatic carbocycles. The molecule has 0 unspecified atom stereocenters. The van der Waals surface area contributed by atoms with Gasteiger partial charge in [-0.1, -0.05) is 6.07 Å². The lowest BCUT2D eigenvalue weighted by atomic mass is 10.2. The van der Waals surface area contributed by atoms with E-state index in [0.717, 1.165) is 17.5 Å². The standard InChI is InChI=1S/C13H14N2O3/c1-8-4-5-11-9(7-8)14-13(18-11)15-6-2-3-10(15)12(16)17/h4-5,7,10H,2-3,6H2,1H3,(H,16,17)/t10-/m1/s1. The van der Waals surface area contributed by atoms with Crippen LogP contribution in [0.25, 0.3) is 11.1 Å². The Morgan fingerprint density at radius 1 is 1.56 bits per heavy atom. The number of oxazole rings is 1. The molecule has 2 aromatic rings. The fraction of sp³-hybridized carbons (Fsp3) is 0.385. The van der Waals surface area contributed by atoms with Crippen LogP contribution in [0, 0.1) is 6.92 Å². The summed E-state index contributed by atoms with van der Waals surface area (Å²) >= 11 is 0. The quantitative estimate of drug-likeness (QED) is 0.879. The van der Waals surface area contributed by atoms with Gasteiger partial charge in [0, 0.05) is 6.54 Å². The van der Waals surface area contributed by atoms with Crippen molar-refractivity contribution in [1.82, 2.24) is 4.98 Å². The van der Waals surface area contributed by atoms with Crippen LogP contribution >= 0.6 is 0 Å². The Kier molecular flexibility index (Phi) is 2.47. The van der Waals surface area contributed by atoms with E-state index in [-0.39, 0.29) is 0 Å². The number of nitrogens with zero attached hydrogens (tertiary/aromatic N) is 2. The molecule has 0 spiro atoms. The van der Waals surface area contributed by atoms with E-state index in [1.165, 1.54) is 0 Å². The average molecular weight is 246 g/mol. The molecule has 1 aliphatic heterocycles. The van der Waals surface area contributed by atoms with Crippen molar-refractivity contribution in [3.8, 4) is 0 Å². The maximum Gasteiger partial charge on any atom is 0.326 e. The maximum absolute atomic E-state index is 11.1.